The van der Waals surface area contributed by atoms with Crippen molar-refractivity contribution in [3.63, 3.8) is 0 Å². The van der Waals surface area contributed by atoms with Crippen molar-refractivity contribution in [2.75, 3.05) is 11.5 Å². The van der Waals surface area contributed by atoms with Crippen LogP contribution < -0.4 is 5.73 Å². The van der Waals surface area contributed by atoms with Crippen molar-refractivity contribution in [3.05, 3.63) is 17.3 Å². The van der Waals surface area contributed by atoms with E-state index in [2.05, 4.69) is 10.2 Å². The minimum absolute atomic E-state index is 0.0283. The number of aromatic nitrogens is 2. The highest BCUT2D eigenvalue weighted by Gasteiger charge is 2.46. The van der Waals surface area contributed by atoms with E-state index in [4.69, 9.17) is 5.73 Å². The predicted octanol–water partition coefficient (Wildman–Crippen LogP) is 0.757. The van der Waals surface area contributed by atoms with Crippen LogP contribution in [0, 0.1) is 0 Å². The van der Waals surface area contributed by atoms with Crippen LogP contribution in [0.2, 0.25) is 0 Å². The van der Waals surface area contributed by atoms with Crippen LogP contribution in [0.4, 0.5) is 0 Å². The fourth-order valence-corrected chi connectivity index (χ4v) is 4.50. The quantitative estimate of drug-likeness (QED) is 0.653. The Kier molecular flexibility index (Phi) is 3.12. The summed E-state index contributed by atoms with van der Waals surface area (Å²) < 4.78 is 0.963. The van der Waals surface area contributed by atoms with Gasteiger partial charge in [0.05, 0.1) is 0 Å². The highest BCUT2D eigenvalue weighted by Crippen LogP contribution is 2.36. The van der Waals surface area contributed by atoms with E-state index in [1.165, 1.54) is 16.9 Å². The third kappa shape index (κ3) is 2.10. The van der Waals surface area contributed by atoms with Gasteiger partial charge in [-0.25, -0.2) is 0 Å². The predicted molar refractivity (Wildman–Crippen MR) is 69.8 cm³/mol. The minimum atomic E-state index is -0.311. The van der Waals surface area contributed by atoms with Gasteiger partial charge in [-0.05, 0) is 5.57 Å². The molecule has 2 atom stereocenters. The zero-order valence-electron chi connectivity index (χ0n) is 8.78. The number of nitrogens with two attached hydrogens (primary N) is 1. The number of rotatable bonds is 3. The molecule has 0 bridgehead atoms. The van der Waals surface area contributed by atoms with Crippen LogP contribution in [-0.2, 0) is 4.79 Å². The summed E-state index contributed by atoms with van der Waals surface area (Å²) in [4.78, 5) is 13.2. The van der Waals surface area contributed by atoms with Crippen molar-refractivity contribution in [1.29, 1.82) is 0 Å². The molecule has 2 N–H and O–H groups in total. The summed E-state index contributed by atoms with van der Waals surface area (Å²) in [6.07, 6.45) is 1.95. The monoisotopic (exact) mass is 286 g/mol. The minimum Gasteiger partial charge on any atom is -0.317 e. The molecule has 90 valence electrons. The molecule has 1 fully saturated rings. The van der Waals surface area contributed by atoms with Gasteiger partial charge in [-0.1, -0.05) is 23.1 Å². The number of fused-ring (bicyclic) bond motifs is 1. The number of thioether (sulfide) groups is 2. The molecule has 8 heteroatoms. The number of hydrogen-bond donors (Lipinski definition) is 1. The summed E-state index contributed by atoms with van der Waals surface area (Å²) in [5.41, 5.74) is 8.67. The molecule has 2 aliphatic rings. The summed E-state index contributed by atoms with van der Waals surface area (Å²) in [5, 5.41) is 7.91. The van der Waals surface area contributed by atoms with E-state index in [1.807, 2.05) is 6.20 Å². The van der Waals surface area contributed by atoms with Crippen molar-refractivity contribution in [1.82, 2.24) is 15.1 Å². The zero-order chi connectivity index (χ0) is 11.8. The van der Waals surface area contributed by atoms with Gasteiger partial charge < -0.3 is 10.6 Å². The Balaban J connectivity index is 1.62. The van der Waals surface area contributed by atoms with Crippen molar-refractivity contribution in [3.8, 4) is 0 Å². The van der Waals surface area contributed by atoms with Crippen LogP contribution in [0.15, 0.2) is 21.6 Å². The lowest BCUT2D eigenvalue weighted by Gasteiger charge is -2.45. The zero-order valence-corrected chi connectivity index (χ0v) is 11.2. The van der Waals surface area contributed by atoms with Gasteiger partial charge in [-0.2, -0.15) is 0 Å². The van der Waals surface area contributed by atoms with Crippen LogP contribution in [0.5, 0.6) is 0 Å². The standard InChI is InChI=1S/C9H10N4OS3/c10-6-7(14)13-1-5(2-15-8(6)13)3-16-9-12-11-4-17-9/h1,4,6,8H,2-3,10H2/t6?,8-/m1/s1. The largest absolute Gasteiger partial charge is 0.317 e. The molecule has 0 saturated carbocycles. The lowest BCUT2D eigenvalue weighted by atomic mass is 10.1. The first-order valence-corrected chi connectivity index (χ1v) is 7.95. The topological polar surface area (TPSA) is 72.1 Å². The third-order valence-corrected chi connectivity index (χ3v) is 5.97. The van der Waals surface area contributed by atoms with Gasteiger partial charge in [-0.3, -0.25) is 4.79 Å². The van der Waals surface area contributed by atoms with Crippen LogP contribution in [-0.4, -0.2) is 43.9 Å². The Bertz CT molecular complexity index is 461. The normalized spacial score (nSPS) is 27.5. The molecule has 0 spiro atoms. The molecule has 1 amide bonds. The van der Waals surface area contributed by atoms with Gasteiger partial charge >= 0.3 is 0 Å². The maximum atomic E-state index is 11.5. The molecule has 1 saturated heterocycles. The van der Waals surface area contributed by atoms with Crippen molar-refractivity contribution in [2.24, 2.45) is 5.73 Å². The van der Waals surface area contributed by atoms with E-state index in [-0.39, 0.29) is 17.3 Å². The Morgan fingerprint density at radius 1 is 1.65 bits per heavy atom. The Labute approximate surface area is 111 Å². The second-order valence-corrected chi connectivity index (χ2v) is 6.91. The summed E-state index contributed by atoms with van der Waals surface area (Å²) in [5.74, 6) is 1.82. The first-order chi connectivity index (χ1) is 8.25. The highest BCUT2D eigenvalue weighted by atomic mass is 32.2. The van der Waals surface area contributed by atoms with Crippen molar-refractivity contribution in [2.45, 2.75) is 15.8 Å². The van der Waals surface area contributed by atoms with Gasteiger partial charge in [0.25, 0.3) is 0 Å². The maximum Gasteiger partial charge on any atom is 0.247 e. The first kappa shape index (κ1) is 11.5. The SMILES string of the molecule is NC1C(=O)N2C=C(CSc3nncs3)CS[C@H]12. The lowest BCUT2D eigenvalue weighted by Crippen LogP contribution is -2.66. The Hall–Kier alpha value is -0.570. The molecule has 2 aliphatic heterocycles. The highest BCUT2D eigenvalue weighted by molar-refractivity contribution is 8.01. The molecular weight excluding hydrogens is 276 g/mol. The van der Waals surface area contributed by atoms with E-state index in [0.29, 0.717) is 0 Å². The molecule has 5 nitrogen and oxygen atoms in total. The van der Waals surface area contributed by atoms with E-state index in [1.54, 1.807) is 33.9 Å². The number of hydrogen-bond acceptors (Lipinski definition) is 7. The Morgan fingerprint density at radius 2 is 2.53 bits per heavy atom. The summed E-state index contributed by atoms with van der Waals surface area (Å²) >= 11 is 4.93. The average molecular weight is 286 g/mol. The van der Waals surface area contributed by atoms with Crippen LogP contribution >= 0.6 is 34.9 Å². The fourth-order valence-electron chi connectivity index (χ4n) is 1.72. The van der Waals surface area contributed by atoms with Crippen molar-refractivity contribution >= 4 is 40.8 Å². The van der Waals surface area contributed by atoms with Crippen molar-refractivity contribution < 1.29 is 4.79 Å². The van der Waals surface area contributed by atoms with Crippen LogP contribution in [0.3, 0.4) is 0 Å². The molecule has 0 aliphatic carbocycles. The molecular formula is C9H10N4OS3. The molecule has 1 aromatic heterocycles. The summed E-state index contributed by atoms with van der Waals surface area (Å²) in [6.45, 7) is 0. The second kappa shape index (κ2) is 4.60. The van der Waals surface area contributed by atoms with E-state index < -0.39 is 0 Å². The van der Waals surface area contributed by atoms with E-state index in [9.17, 15) is 4.79 Å². The van der Waals surface area contributed by atoms with Crippen LogP contribution in [0.1, 0.15) is 0 Å². The van der Waals surface area contributed by atoms with Crippen LogP contribution in [0.25, 0.3) is 0 Å². The van der Waals surface area contributed by atoms with Gasteiger partial charge in [-0.15, -0.1) is 22.0 Å². The number of β-lactam (4-membered cyclic amide) rings is 1. The summed E-state index contributed by atoms with van der Waals surface area (Å²) in [7, 11) is 0. The molecule has 1 unspecified atom stereocenters. The summed E-state index contributed by atoms with van der Waals surface area (Å²) in [6, 6.07) is -0.311. The number of nitrogens with zero attached hydrogens (tertiary/aromatic N) is 3. The molecule has 17 heavy (non-hydrogen) atoms. The molecule has 0 aromatic carbocycles. The Morgan fingerprint density at radius 3 is 3.29 bits per heavy atom. The lowest BCUT2D eigenvalue weighted by molar-refractivity contribution is -0.140. The number of amides is 1. The first-order valence-electron chi connectivity index (χ1n) is 5.03. The van der Waals surface area contributed by atoms with E-state index >= 15 is 0 Å². The molecule has 3 rings (SSSR count). The van der Waals surface area contributed by atoms with E-state index in [0.717, 1.165) is 15.8 Å². The second-order valence-electron chi connectivity index (χ2n) is 3.75. The molecule has 3 heterocycles. The average Bonchev–Trinajstić information content (AvgIpc) is 2.88. The molecule has 0 radical (unpaired) electrons. The van der Waals surface area contributed by atoms with Gasteiger partial charge in [0, 0.05) is 17.7 Å². The fraction of sp³-hybridized carbons (Fsp3) is 0.444. The van der Waals surface area contributed by atoms with Gasteiger partial charge in [0.15, 0.2) is 4.34 Å². The number of carbonyl (C=O) groups excluding carboxylic acids is 1. The number of carbonyl (C=O) groups is 1. The van der Waals surface area contributed by atoms with Gasteiger partial charge in [0.2, 0.25) is 5.91 Å². The maximum absolute atomic E-state index is 11.5. The molecule has 1 aromatic rings. The third-order valence-electron chi connectivity index (χ3n) is 2.60. The van der Waals surface area contributed by atoms with Gasteiger partial charge in [0.1, 0.15) is 16.9 Å². The smallest absolute Gasteiger partial charge is 0.247 e.